The molecule has 3 N–H and O–H groups in total. The number of ether oxygens (including phenoxy) is 2. The standard InChI is InChI=1S/C24H32N2O4/c1-2-14-7-13-8-19-22-17(5-6-26(11-13)23(14)19)18-10-16(3-4-20(18)25-22)30-24-21(28)9-15(27)12-29-24/h3-4,10,13-15,19,21,23-25,27-28H,2,5-9,11-12H2,1H3. The van der Waals surface area contributed by atoms with Gasteiger partial charge in [0.15, 0.2) is 0 Å². The molecule has 1 saturated carbocycles. The maximum atomic E-state index is 10.2. The van der Waals surface area contributed by atoms with Crippen molar-refractivity contribution < 1.29 is 19.7 Å². The lowest BCUT2D eigenvalue weighted by molar-refractivity contribution is -0.198. The Morgan fingerprint density at radius 3 is 2.97 bits per heavy atom. The lowest BCUT2D eigenvalue weighted by Gasteiger charge is -2.53. The van der Waals surface area contributed by atoms with Gasteiger partial charge in [0.1, 0.15) is 11.9 Å². The highest BCUT2D eigenvalue weighted by Crippen LogP contribution is 2.51. The van der Waals surface area contributed by atoms with Crippen LogP contribution in [0.1, 0.15) is 49.8 Å². The molecule has 1 aliphatic carbocycles. The second kappa shape index (κ2) is 7.23. The molecular weight excluding hydrogens is 380 g/mol. The van der Waals surface area contributed by atoms with Crippen molar-refractivity contribution in [3.8, 4) is 5.75 Å². The van der Waals surface area contributed by atoms with E-state index in [0.717, 1.165) is 24.8 Å². The Balaban J connectivity index is 1.33. The zero-order chi connectivity index (χ0) is 20.4. The Morgan fingerprint density at radius 2 is 2.13 bits per heavy atom. The third-order valence-electron chi connectivity index (χ3n) is 8.02. The predicted octanol–water partition coefficient (Wildman–Crippen LogP) is 2.78. The van der Waals surface area contributed by atoms with Crippen LogP contribution in [0.2, 0.25) is 0 Å². The minimum atomic E-state index is -0.818. The van der Waals surface area contributed by atoms with Crippen molar-refractivity contribution in [3.63, 3.8) is 0 Å². The molecule has 1 aromatic carbocycles. The smallest absolute Gasteiger partial charge is 0.226 e. The number of aromatic amines is 1. The Bertz CT molecular complexity index is 943. The Morgan fingerprint density at radius 1 is 1.23 bits per heavy atom. The molecule has 4 fully saturated rings. The predicted molar refractivity (Wildman–Crippen MR) is 114 cm³/mol. The first kappa shape index (κ1) is 19.1. The van der Waals surface area contributed by atoms with Crippen LogP contribution in [0.15, 0.2) is 18.2 Å². The number of H-pyrrole nitrogens is 1. The fraction of sp³-hybridized carbons (Fsp3) is 0.667. The zero-order valence-electron chi connectivity index (χ0n) is 17.6. The van der Waals surface area contributed by atoms with E-state index in [1.165, 1.54) is 48.0 Å². The summed E-state index contributed by atoms with van der Waals surface area (Å²) in [4.78, 5) is 6.56. The molecule has 6 heteroatoms. The fourth-order valence-corrected chi connectivity index (χ4v) is 6.77. The minimum absolute atomic E-state index is 0.197. The van der Waals surface area contributed by atoms with E-state index in [-0.39, 0.29) is 13.0 Å². The van der Waals surface area contributed by atoms with E-state index >= 15 is 0 Å². The number of aliphatic hydroxyl groups excluding tert-OH is 2. The highest BCUT2D eigenvalue weighted by molar-refractivity contribution is 5.86. The number of aromatic nitrogens is 1. The summed E-state index contributed by atoms with van der Waals surface area (Å²) in [5.74, 6) is 2.98. The lowest BCUT2D eigenvalue weighted by atomic mass is 9.65. The van der Waals surface area contributed by atoms with Crippen LogP contribution in [0.4, 0.5) is 0 Å². The Labute approximate surface area is 177 Å². The lowest BCUT2D eigenvalue weighted by Crippen LogP contribution is -2.56. The average molecular weight is 413 g/mol. The average Bonchev–Trinajstić information content (AvgIpc) is 3.06. The van der Waals surface area contributed by atoms with Gasteiger partial charge in [-0.05, 0) is 54.9 Å². The van der Waals surface area contributed by atoms with Crippen LogP contribution in [0.5, 0.6) is 5.75 Å². The molecule has 30 heavy (non-hydrogen) atoms. The molecule has 0 radical (unpaired) electrons. The van der Waals surface area contributed by atoms with Gasteiger partial charge < -0.3 is 24.7 Å². The molecule has 2 aromatic rings. The maximum Gasteiger partial charge on any atom is 0.226 e. The number of nitrogens with one attached hydrogen (secondary N) is 1. The first-order chi connectivity index (χ1) is 14.6. The highest BCUT2D eigenvalue weighted by atomic mass is 16.7. The van der Waals surface area contributed by atoms with Crippen LogP contribution in [0, 0.1) is 11.8 Å². The largest absolute Gasteiger partial charge is 0.462 e. The molecule has 0 spiro atoms. The fourth-order valence-electron chi connectivity index (χ4n) is 6.77. The molecule has 5 aliphatic rings. The van der Waals surface area contributed by atoms with Gasteiger partial charge in [-0.15, -0.1) is 0 Å². The Kier molecular flexibility index (Phi) is 4.61. The number of benzene rings is 1. The van der Waals surface area contributed by atoms with Gasteiger partial charge >= 0.3 is 0 Å². The van der Waals surface area contributed by atoms with Crippen LogP contribution in [-0.2, 0) is 11.2 Å². The number of fused-ring (bicyclic) bond motifs is 4. The van der Waals surface area contributed by atoms with Crippen molar-refractivity contribution in [2.24, 2.45) is 11.8 Å². The van der Waals surface area contributed by atoms with E-state index in [2.05, 4.69) is 28.9 Å². The van der Waals surface area contributed by atoms with Crippen molar-refractivity contribution in [2.45, 2.75) is 69.5 Å². The van der Waals surface area contributed by atoms with Gasteiger partial charge in [-0.2, -0.15) is 0 Å². The first-order valence-corrected chi connectivity index (χ1v) is 11.6. The molecule has 3 saturated heterocycles. The molecule has 162 valence electrons. The summed E-state index contributed by atoms with van der Waals surface area (Å²) >= 11 is 0. The van der Waals surface area contributed by atoms with Crippen LogP contribution in [0.25, 0.3) is 10.9 Å². The van der Waals surface area contributed by atoms with Gasteiger partial charge in [-0.3, -0.25) is 4.90 Å². The van der Waals surface area contributed by atoms with E-state index < -0.39 is 18.5 Å². The monoisotopic (exact) mass is 412 g/mol. The summed E-state index contributed by atoms with van der Waals surface area (Å²) in [7, 11) is 0. The number of piperidine rings is 2. The molecule has 4 aliphatic heterocycles. The SMILES string of the molecule is CCC1CC2CC3c4[nH]c5ccc(OC6OCC(O)CC6O)cc5c4CCN(C2)C13. The van der Waals surface area contributed by atoms with Crippen molar-refractivity contribution in [3.05, 3.63) is 29.5 Å². The molecule has 8 atom stereocenters. The van der Waals surface area contributed by atoms with Gasteiger partial charge in [0.05, 0.1) is 12.7 Å². The number of aliphatic hydroxyl groups is 2. The molecule has 0 amide bonds. The number of hydrogen-bond acceptors (Lipinski definition) is 5. The molecule has 8 unspecified atom stereocenters. The summed E-state index contributed by atoms with van der Waals surface area (Å²) in [5.41, 5.74) is 4.08. The van der Waals surface area contributed by atoms with E-state index in [0.29, 0.717) is 17.7 Å². The third-order valence-corrected chi connectivity index (χ3v) is 8.02. The maximum absolute atomic E-state index is 10.2. The van der Waals surface area contributed by atoms with Gasteiger partial charge in [-0.1, -0.05) is 13.3 Å². The van der Waals surface area contributed by atoms with Crippen molar-refractivity contribution >= 4 is 10.9 Å². The second-order valence-corrected chi connectivity index (χ2v) is 9.85. The van der Waals surface area contributed by atoms with E-state index in [1.54, 1.807) is 0 Å². The summed E-state index contributed by atoms with van der Waals surface area (Å²) in [6.07, 6.45) is 3.18. The van der Waals surface area contributed by atoms with E-state index in [1.807, 2.05) is 6.07 Å². The molecule has 6 nitrogen and oxygen atoms in total. The topological polar surface area (TPSA) is 78.0 Å². The van der Waals surface area contributed by atoms with Gasteiger partial charge in [0.25, 0.3) is 0 Å². The summed E-state index contributed by atoms with van der Waals surface area (Å²) in [6.45, 7) is 4.97. The van der Waals surface area contributed by atoms with Crippen molar-refractivity contribution in [1.82, 2.24) is 9.88 Å². The van der Waals surface area contributed by atoms with Crippen molar-refractivity contribution in [1.29, 1.82) is 0 Å². The van der Waals surface area contributed by atoms with Crippen molar-refractivity contribution in [2.75, 3.05) is 19.7 Å². The number of rotatable bonds is 3. The number of nitrogens with zero attached hydrogens (tertiary/aromatic N) is 1. The van der Waals surface area contributed by atoms with Crippen LogP contribution in [0.3, 0.4) is 0 Å². The van der Waals surface area contributed by atoms with Gasteiger partial charge in [0, 0.05) is 48.1 Å². The van der Waals surface area contributed by atoms with Crippen LogP contribution in [-0.4, -0.2) is 64.3 Å². The van der Waals surface area contributed by atoms with Crippen LogP contribution < -0.4 is 4.74 Å². The van der Waals surface area contributed by atoms with Gasteiger partial charge in [-0.25, -0.2) is 0 Å². The summed E-state index contributed by atoms with van der Waals surface area (Å²) in [5, 5.41) is 21.1. The second-order valence-electron chi connectivity index (χ2n) is 9.85. The molecular formula is C24H32N2O4. The molecule has 5 heterocycles. The Hall–Kier alpha value is -1.60. The summed E-state index contributed by atoms with van der Waals surface area (Å²) < 4.78 is 11.5. The van der Waals surface area contributed by atoms with Crippen LogP contribution >= 0.6 is 0 Å². The van der Waals surface area contributed by atoms with E-state index in [9.17, 15) is 10.2 Å². The summed E-state index contributed by atoms with van der Waals surface area (Å²) in [6, 6.07) is 6.83. The quantitative estimate of drug-likeness (QED) is 0.723. The first-order valence-electron chi connectivity index (χ1n) is 11.6. The molecule has 4 bridgehead atoms. The molecule has 1 aromatic heterocycles. The normalized spacial score (nSPS) is 40.2. The number of hydrogen-bond donors (Lipinski definition) is 3. The third kappa shape index (κ3) is 3.00. The van der Waals surface area contributed by atoms with E-state index in [4.69, 9.17) is 9.47 Å². The minimum Gasteiger partial charge on any atom is -0.462 e. The molecule has 7 rings (SSSR count). The van der Waals surface area contributed by atoms with Gasteiger partial charge in [0.2, 0.25) is 6.29 Å². The highest BCUT2D eigenvalue weighted by Gasteiger charge is 2.48. The zero-order valence-corrected chi connectivity index (χ0v) is 17.6.